The van der Waals surface area contributed by atoms with Gasteiger partial charge in [0.05, 0.1) is 6.61 Å². The maximum atomic E-state index is 10.8. The summed E-state index contributed by atoms with van der Waals surface area (Å²) >= 11 is 0. The highest BCUT2D eigenvalue weighted by Gasteiger charge is 1.89. The molecule has 0 aromatic heterocycles. The van der Waals surface area contributed by atoms with Gasteiger partial charge >= 0.3 is 5.97 Å². The molecular weight excluding hydrogens is 176 g/mol. The van der Waals surface area contributed by atoms with Crippen LogP contribution < -0.4 is 0 Å². The normalized spacial score (nSPS) is 12.4. The Kier molecular flexibility index (Phi) is 8.45. The molecule has 0 radical (unpaired) electrons. The number of hydrogen-bond acceptors (Lipinski definition) is 2. The zero-order chi connectivity index (χ0) is 10.6. The van der Waals surface area contributed by atoms with Gasteiger partial charge < -0.3 is 4.74 Å². The fraction of sp³-hybridized carbons (Fsp3) is 0.250. The molecule has 0 heterocycles. The Bertz CT molecular complexity index is 257. The van der Waals surface area contributed by atoms with E-state index in [1.54, 1.807) is 19.1 Å². The number of allylic oxidation sites excluding steroid dienone is 7. The zero-order valence-corrected chi connectivity index (χ0v) is 8.64. The molecule has 14 heavy (non-hydrogen) atoms. The van der Waals surface area contributed by atoms with Crippen LogP contribution in [0, 0.1) is 0 Å². The zero-order valence-electron chi connectivity index (χ0n) is 8.64. The van der Waals surface area contributed by atoms with Crippen molar-refractivity contribution in [2.24, 2.45) is 0 Å². The van der Waals surface area contributed by atoms with Crippen molar-refractivity contribution >= 4 is 5.97 Å². The van der Waals surface area contributed by atoms with Crippen LogP contribution in [-0.2, 0) is 9.53 Å². The van der Waals surface area contributed by atoms with E-state index < -0.39 is 0 Å². The van der Waals surface area contributed by atoms with Crippen LogP contribution in [0.1, 0.15) is 13.8 Å². The van der Waals surface area contributed by atoms with Gasteiger partial charge in [-0.2, -0.15) is 0 Å². The number of carbonyl (C=O) groups excluding carboxylic acids is 1. The molecule has 0 atom stereocenters. The Morgan fingerprint density at radius 3 is 2.21 bits per heavy atom. The molecule has 2 nitrogen and oxygen atoms in total. The van der Waals surface area contributed by atoms with Crippen LogP contribution in [0.25, 0.3) is 0 Å². The van der Waals surface area contributed by atoms with Crippen molar-refractivity contribution < 1.29 is 9.53 Å². The van der Waals surface area contributed by atoms with Gasteiger partial charge in [0.1, 0.15) is 0 Å². The molecule has 0 N–H and O–H groups in total. The van der Waals surface area contributed by atoms with Crippen LogP contribution in [0.15, 0.2) is 48.6 Å². The lowest BCUT2D eigenvalue weighted by atomic mass is 10.4. The standard InChI is InChI=1S/C12H16O2/c1-3-5-6-7-8-9-10-11-12(13)14-4-2/h3,5-11H,4H2,1-2H3/b5-3+,7-6+,9-8+,11-10+. The summed E-state index contributed by atoms with van der Waals surface area (Å²) in [5.41, 5.74) is 0. The average molecular weight is 192 g/mol. The maximum absolute atomic E-state index is 10.8. The van der Waals surface area contributed by atoms with E-state index >= 15 is 0 Å². The summed E-state index contributed by atoms with van der Waals surface area (Å²) in [6.07, 6.45) is 14.3. The highest BCUT2D eigenvalue weighted by molar-refractivity contribution is 5.82. The van der Waals surface area contributed by atoms with Gasteiger partial charge in [-0.3, -0.25) is 0 Å². The van der Waals surface area contributed by atoms with E-state index in [1.165, 1.54) is 6.08 Å². The first kappa shape index (κ1) is 12.4. The summed E-state index contributed by atoms with van der Waals surface area (Å²) in [6, 6.07) is 0. The van der Waals surface area contributed by atoms with Crippen molar-refractivity contribution in [1.29, 1.82) is 0 Å². The van der Waals surface area contributed by atoms with Gasteiger partial charge in [-0.15, -0.1) is 0 Å². The third-order valence-corrected chi connectivity index (χ3v) is 1.27. The number of rotatable bonds is 5. The van der Waals surface area contributed by atoms with Gasteiger partial charge in [-0.25, -0.2) is 4.79 Å². The van der Waals surface area contributed by atoms with Crippen molar-refractivity contribution in [2.75, 3.05) is 6.61 Å². The maximum Gasteiger partial charge on any atom is 0.330 e. The molecule has 0 aliphatic carbocycles. The topological polar surface area (TPSA) is 26.3 Å². The van der Waals surface area contributed by atoms with E-state index in [-0.39, 0.29) is 5.97 Å². The predicted molar refractivity (Wildman–Crippen MR) is 58.9 cm³/mol. The van der Waals surface area contributed by atoms with Crippen molar-refractivity contribution in [3.8, 4) is 0 Å². The second-order valence-corrected chi connectivity index (χ2v) is 2.41. The minimum atomic E-state index is -0.311. The molecule has 0 saturated carbocycles. The molecule has 0 aliphatic rings. The van der Waals surface area contributed by atoms with Crippen LogP contribution in [0.5, 0.6) is 0 Å². The minimum Gasteiger partial charge on any atom is -0.463 e. The quantitative estimate of drug-likeness (QED) is 0.380. The van der Waals surface area contributed by atoms with Gasteiger partial charge in [-0.1, -0.05) is 42.5 Å². The molecule has 0 aromatic carbocycles. The second-order valence-electron chi connectivity index (χ2n) is 2.41. The highest BCUT2D eigenvalue weighted by Crippen LogP contribution is 1.84. The molecule has 76 valence electrons. The Hall–Kier alpha value is -1.57. The minimum absolute atomic E-state index is 0.311. The smallest absolute Gasteiger partial charge is 0.330 e. The summed E-state index contributed by atoms with van der Waals surface area (Å²) in [5, 5.41) is 0. The third-order valence-electron chi connectivity index (χ3n) is 1.27. The highest BCUT2D eigenvalue weighted by atomic mass is 16.5. The number of esters is 1. The van der Waals surface area contributed by atoms with Crippen LogP contribution in [-0.4, -0.2) is 12.6 Å². The molecule has 0 rings (SSSR count). The number of hydrogen-bond donors (Lipinski definition) is 0. The van der Waals surface area contributed by atoms with Crippen molar-refractivity contribution in [3.05, 3.63) is 48.6 Å². The molecule has 0 bridgehead atoms. The average Bonchev–Trinajstić information content (AvgIpc) is 2.17. The van der Waals surface area contributed by atoms with E-state index in [9.17, 15) is 4.79 Å². The van der Waals surface area contributed by atoms with E-state index in [1.807, 2.05) is 37.3 Å². The summed E-state index contributed by atoms with van der Waals surface area (Å²) in [6.45, 7) is 4.14. The lowest BCUT2D eigenvalue weighted by Crippen LogP contribution is -1.98. The fourth-order valence-corrected chi connectivity index (χ4v) is 0.692. The summed E-state index contributed by atoms with van der Waals surface area (Å²) < 4.78 is 4.70. The molecule has 0 saturated heterocycles. The van der Waals surface area contributed by atoms with Gasteiger partial charge in [0.25, 0.3) is 0 Å². The predicted octanol–water partition coefficient (Wildman–Crippen LogP) is 2.79. The first-order valence-electron chi connectivity index (χ1n) is 4.60. The Morgan fingerprint density at radius 2 is 1.64 bits per heavy atom. The Labute approximate surface area is 85.3 Å². The lowest BCUT2D eigenvalue weighted by Gasteiger charge is -1.92. The molecule has 0 unspecified atom stereocenters. The largest absolute Gasteiger partial charge is 0.463 e. The number of ether oxygens (including phenoxy) is 1. The SMILES string of the molecule is C/C=C/C=C/C=C/C=C/C(=O)OCC. The molecule has 0 aliphatic heterocycles. The molecule has 0 aromatic rings. The van der Waals surface area contributed by atoms with Crippen LogP contribution in [0.2, 0.25) is 0 Å². The van der Waals surface area contributed by atoms with E-state index in [0.29, 0.717) is 6.61 Å². The van der Waals surface area contributed by atoms with Gasteiger partial charge in [-0.05, 0) is 13.8 Å². The fourth-order valence-electron chi connectivity index (χ4n) is 0.692. The molecule has 0 fully saturated rings. The van der Waals surface area contributed by atoms with E-state index in [2.05, 4.69) is 0 Å². The molecule has 0 amide bonds. The lowest BCUT2D eigenvalue weighted by molar-refractivity contribution is -0.137. The van der Waals surface area contributed by atoms with Crippen LogP contribution >= 0.6 is 0 Å². The number of carbonyl (C=O) groups is 1. The van der Waals surface area contributed by atoms with Crippen molar-refractivity contribution in [3.63, 3.8) is 0 Å². The Morgan fingerprint density at radius 1 is 1.07 bits per heavy atom. The summed E-state index contributed by atoms with van der Waals surface area (Å²) in [5.74, 6) is -0.311. The molecule has 2 heteroatoms. The van der Waals surface area contributed by atoms with Gasteiger partial charge in [0.2, 0.25) is 0 Å². The third kappa shape index (κ3) is 8.53. The van der Waals surface area contributed by atoms with Crippen molar-refractivity contribution in [2.45, 2.75) is 13.8 Å². The van der Waals surface area contributed by atoms with E-state index in [0.717, 1.165) is 0 Å². The Balaban J connectivity index is 3.75. The molecular formula is C12H16O2. The van der Waals surface area contributed by atoms with Gasteiger partial charge in [0, 0.05) is 6.08 Å². The van der Waals surface area contributed by atoms with E-state index in [4.69, 9.17) is 4.74 Å². The van der Waals surface area contributed by atoms with Crippen molar-refractivity contribution in [1.82, 2.24) is 0 Å². The first-order valence-corrected chi connectivity index (χ1v) is 4.60. The monoisotopic (exact) mass is 192 g/mol. The first-order chi connectivity index (χ1) is 6.81. The summed E-state index contributed by atoms with van der Waals surface area (Å²) in [4.78, 5) is 10.8. The van der Waals surface area contributed by atoms with Crippen LogP contribution in [0.3, 0.4) is 0 Å². The van der Waals surface area contributed by atoms with Crippen LogP contribution in [0.4, 0.5) is 0 Å². The molecule has 0 spiro atoms. The van der Waals surface area contributed by atoms with Gasteiger partial charge in [0.15, 0.2) is 0 Å². The second kappa shape index (κ2) is 9.52. The summed E-state index contributed by atoms with van der Waals surface area (Å²) in [7, 11) is 0.